The van der Waals surface area contributed by atoms with E-state index in [2.05, 4.69) is 10.3 Å². The van der Waals surface area contributed by atoms with Crippen LogP contribution in [0.1, 0.15) is 12.5 Å². The van der Waals surface area contributed by atoms with E-state index in [0.29, 0.717) is 22.6 Å². The first-order valence-electron chi connectivity index (χ1n) is 9.11. The Morgan fingerprint density at radius 3 is 2.68 bits per heavy atom. The number of halogens is 2. The second-order valence-electron chi connectivity index (χ2n) is 6.31. The van der Waals surface area contributed by atoms with Gasteiger partial charge in [-0.25, -0.2) is 18.6 Å². The van der Waals surface area contributed by atoms with Crippen LogP contribution in [0.3, 0.4) is 0 Å². The number of hydrogen-bond donors (Lipinski definition) is 1. The zero-order valence-corrected chi connectivity index (χ0v) is 17.4. The highest BCUT2D eigenvalue weighted by molar-refractivity contribution is 7.14. The number of ether oxygens (including phenoxy) is 2. The number of benzene rings is 2. The average molecular weight is 444 g/mol. The van der Waals surface area contributed by atoms with Crippen LogP contribution in [0.15, 0.2) is 53.9 Å². The topological polar surface area (TPSA) is 77.5 Å². The van der Waals surface area contributed by atoms with Crippen LogP contribution >= 0.6 is 11.3 Å². The fourth-order valence-corrected chi connectivity index (χ4v) is 3.28. The van der Waals surface area contributed by atoms with Crippen LogP contribution in [-0.2, 0) is 14.3 Å². The zero-order chi connectivity index (χ0) is 22.4. The largest absolute Gasteiger partial charge is 0.496 e. The highest BCUT2D eigenvalue weighted by Crippen LogP contribution is 2.26. The van der Waals surface area contributed by atoms with Gasteiger partial charge in [-0.3, -0.25) is 10.1 Å². The summed E-state index contributed by atoms with van der Waals surface area (Å²) in [6.07, 6.45) is 1.65. The summed E-state index contributed by atoms with van der Waals surface area (Å²) < 4.78 is 36.8. The number of rotatable bonds is 7. The van der Waals surface area contributed by atoms with Crippen LogP contribution in [0.2, 0.25) is 0 Å². The lowest BCUT2D eigenvalue weighted by atomic mass is 10.2. The standard InChI is InChI=1S/C22H18F2N2O4S/c1-13(30-20(27)10-8-14-5-3-4-6-19(14)29-2)21(28)26-22-25-18(12-31-22)15-7-9-16(23)17(24)11-15/h3-13H,1-2H3,(H,25,26,28)/b10-8+. The molecule has 0 saturated carbocycles. The number of esters is 1. The van der Waals surface area contributed by atoms with Gasteiger partial charge in [0.1, 0.15) is 5.75 Å². The zero-order valence-electron chi connectivity index (χ0n) is 16.6. The second kappa shape index (κ2) is 9.94. The van der Waals surface area contributed by atoms with E-state index in [1.165, 1.54) is 32.3 Å². The molecule has 0 aliphatic rings. The Morgan fingerprint density at radius 1 is 1.16 bits per heavy atom. The molecule has 0 spiro atoms. The summed E-state index contributed by atoms with van der Waals surface area (Å²) in [5, 5.41) is 4.36. The lowest BCUT2D eigenvalue weighted by molar-refractivity contribution is -0.148. The van der Waals surface area contributed by atoms with Gasteiger partial charge < -0.3 is 9.47 Å². The van der Waals surface area contributed by atoms with Crippen molar-refractivity contribution in [3.05, 3.63) is 71.1 Å². The number of amides is 1. The van der Waals surface area contributed by atoms with Crippen LogP contribution in [0.25, 0.3) is 17.3 Å². The Kier molecular flexibility index (Phi) is 7.09. The Hall–Kier alpha value is -3.59. The molecule has 160 valence electrons. The first kappa shape index (κ1) is 22.1. The van der Waals surface area contributed by atoms with Gasteiger partial charge in [-0.15, -0.1) is 11.3 Å². The maximum Gasteiger partial charge on any atom is 0.331 e. The van der Waals surface area contributed by atoms with Gasteiger partial charge in [0, 0.05) is 22.6 Å². The van der Waals surface area contributed by atoms with Crippen LogP contribution in [-0.4, -0.2) is 30.1 Å². The van der Waals surface area contributed by atoms with Crippen LogP contribution in [0.5, 0.6) is 5.75 Å². The van der Waals surface area contributed by atoms with Gasteiger partial charge in [0.05, 0.1) is 12.8 Å². The molecule has 0 aliphatic heterocycles. The van der Waals surface area contributed by atoms with Crippen LogP contribution < -0.4 is 10.1 Å². The van der Waals surface area contributed by atoms with E-state index >= 15 is 0 Å². The number of carbonyl (C=O) groups is 2. The van der Waals surface area contributed by atoms with Crippen molar-refractivity contribution in [2.24, 2.45) is 0 Å². The number of nitrogens with zero attached hydrogens (tertiary/aromatic N) is 1. The summed E-state index contributed by atoms with van der Waals surface area (Å²) in [6.45, 7) is 1.42. The number of nitrogens with one attached hydrogen (secondary N) is 1. The lowest BCUT2D eigenvalue weighted by Gasteiger charge is -2.11. The van der Waals surface area contributed by atoms with Gasteiger partial charge in [0.25, 0.3) is 5.91 Å². The molecule has 0 bridgehead atoms. The Balaban J connectivity index is 1.58. The number of aromatic nitrogens is 1. The van der Waals surface area contributed by atoms with Crippen molar-refractivity contribution >= 4 is 34.4 Å². The molecule has 0 aliphatic carbocycles. The minimum absolute atomic E-state index is 0.234. The SMILES string of the molecule is COc1ccccc1/C=C/C(=O)OC(C)C(=O)Nc1nc(-c2ccc(F)c(F)c2)cs1. The molecule has 1 N–H and O–H groups in total. The molecule has 31 heavy (non-hydrogen) atoms. The van der Waals surface area contributed by atoms with E-state index in [9.17, 15) is 18.4 Å². The minimum Gasteiger partial charge on any atom is -0.496 e. The molecular weight excluding hydrogens is 426 g/mol. The molecule has 3 aromatic rings. The number of carbonyl (C=O) groups excluding carboxylic acids is 2. The summed E-state index contributed by atoms with van der Waals surface area (Å²) in [5.74, 6) is -2.63. The third-order valence-corrected chi connectivity index (χ3v) is 4.91. The fraction of sp³-hybridized carbons (Fsp3) is 0.136. The quantitative estimate of drug-likeness (QED) is 0.423. The molecule has 1 heterocycles. The lowest BCUT2D eigenvalue weighted by Crippen LogP contribution is -2.29. The van der Waals surface area contributed by atoms with Crippen molar-refractivity contribution in [2.45, 2.75) is 13.0 Å². The normalized spacial score (nSPS) is 11.9. The maximum absolute atomic E-state index is 13.4. The van der Waals surface area contributed by atoms with Gasteiger partial charge in [0.15, 0.2) is 22.9 Å². The highest BCUT2D eigenvalue weighted by Gasteiger charge is 2.18. The highest BCUT2D eigenvalue weighted by atomic mass is 32.1. The summed E-state index contributed by atoms with van der Waals surface area (Å²) >= 11 is 1.10. The molecule has 0 radical (unpaired) electrons. The van der Waals surface area contributed by atoms with Gasteiger partial charge in [-0.1, -0.05) is 18.2 Å². The molecule has 0 fully saturated rings. The molecule has 9 heteroatoms. The first-order chi connectivity index (χ1) is 14.9. The Labute approximate surface area is 181 Å². The van der Waals surface area contributed by atoms with Crippen molar-refractivity contribution in [1.29, 1.82) is 0 Å². The summed E-state index contributed by atoms with van der Waals surface area (Å²) in [5.41, 5.74) is 1.44. The third kappa shape index (κ3) is 5.73. The molecule has 1 atom stereocenters. The average Bonchev–Trinajstić information content (AvgIpc) is 3.22. The number of methoxy groups -OCH3 is 1. The van der Waals surface area contributed by atoms with Crippen molar-refractivity contribution in [1.82, 2.24) is 4.98 Å². The van der Waals surface area contributed by atoms with Crippen LogP contribution in [0, 0.1) is 11.6 Å². The molecule has 3 rings (SSSR count). The monoisotopic (exact) mass is 444 g/mol. The van der Waals surface area contributed by atoms with Gasteiger partial charge in [-0.05, 0) is 37.3 Å². The third-order valence-electron chi connectivity index (χ3n) is 4.15. The Morgan fingerprint density at radius 2 is 1.94 bits per heavy atom. The first-order valence-corrected chi connectivity index (χ1v) is 9.99. The van der Waals surface area contributed by atoms with E-state index in [-0.39, 0.29) is 5.13 Å². The van der Waals surface area contributed by atoms with E-state index < -0.39 is 29.6 Å². The molecule has 0 saturated heterocycles. The molecule has 1 aromatic heterocycles. The number of thiazole rings is 1. The molecule has 6 nitrogen and oxygen atoms in total. The molecular formula is C22H18F2N2O4S. The van der Waals surface area contributed by atoms with Crippen molar-refractivity contribution in [2.75, 3.05) is 12.4 Å². The van der Waals surface area contributed by atoms with Crippen LogP contribution in [0.4, 0.5) is 13.9 Å². The number of hydrogen-bond acceptors (Lipinski definition) is 6. The Bertz CT molecular complexity index is 1130. The number of anilines is 1. The van der Waals surface area contributed by atoms with Crippen molar-refractivity contribution in [3.63, 3.8) is 0 Å². The number of para-hydroxylation sites is 1. The molecule has 1 amide bonds. The summed E-state index contributed by atoms with van der Waals surface area (Å²) in [6, 6.07) is 10.5. The van der Waals surface area contributed by atoms with E-state index in [4.69, 9.17) is 9.47 Å². The van der Waals surface area contributed by atoms with E-state index in [0.717, 1.165) is 23.5 Å². The van der Waals surface area contributed by atoms with Crippen molar-refractivity contribution < 1.29 is 27.8 Å². The van der Waals surface area contributed by atoms with Gasteiger partial charge in [-0.2, -0.15) is 0 Å². The van der Waals surface area contributed by atoms with Gasteiger partial charge in [0.2, 0.25) is 0 Å². The molecule has 1 unspecified atom stereocenters. The fourth-order valence-electron chi connectivity index (χ4n) is 2.56. The second-order valence-corrected chi connectivity index (χ2v) is 7.17. The minimum atomic E-state index is -1.08. The summed E-state index contributed by atoms with van der Waals surface area (Å²) in [7, 11) is 1.52. The smallest absolute Gasteiger partial charge is 0.331 e. The predicted molar refractivity (Wildman–Crippen MR) is 114 cm³/mol. The van der Waals surface area contributed by atoms with Crippen molar-refractivity contribution in [3.8, 4) is 17.0 Å². The molecule has 2 aromatic carbocycles. The summed E-state index contributed by atoms with van der Waals surface area (Å²) in [4.78, 5) is 28.5. The predicted octanol–water partition coefficient (Wildman–Crippen LogP) is 4.68. The maximum atomic E-state index is 13.4. The van der Waals surface area contributed by atoms with E-state index in [1.54, 1.807) is 29.6 Å². The van der Waals surface area contributed by atoms with E-state index in [1.807, 2.05) is 0 Å². The van der Waals surface area contributed by atoms with Gasteiger partial charge >= 0.3 is 5.97 Å².